The molecule has 0 N–H and O–H groups in total. The molecule has 0 bridgehead atoms. The van der Waals surface area contributed by atoms with Crippen molar-refractivity contribution in [3.8, 4) is 0 Å². The normalized spacial score (nSPS) is 28.6. The van der Waals surface area contributed by atoms with Crippen LogP contribution in [0.15, 0.2) is 0 Å². The van der Waals surface area contributed by atoms with Crippen LogP contribution in [0.3, 0.4) is 0 Å². The Morgan fingerprint density at radius 3 is 2.53 bits per heavy atom. The van der Waals surface area contributed by atoms with Crippen molar-refractivity contribution in [3.63, 3.8) is 0 Å². The molecule has 0 aromatic heterocycles. The summed E-state index contributed by atoms with van der Waals surface area (Å²) in [7, 11) is 0. The number of nitrogens with zero attached hydrogens (tertiary/aromatic N) is 1. The molecule has 1 aliphatic heterocycles. The third-order valence-electron chi connectivity index (χ3n) is 2.66. The second kappa shape index (κ2) is 4.79. The number of likely N-dealkylation sites (tertiary alicyclic amines) is 1. The predicted molar refractivity (Wildman–Crippen MR) is 60.9 cm³/mol. The summed E-state index contributed by atoms with van der Waals surface area (Å²) in [6.07, 6.45) is 1.67. The second-order valence-corrected chi connectivity index (χ2v) is 5.75. The van der Waals surface area contributed by atoms with Crippen LogP contribution < -0.4 is 0 Å². The molecule has 0 radical (unpaired) electrons. The van der Waals surface area contributed by atoms with E-state index in [-0.39, 0.29) is 5.60 Å². The first-order chi connectivity index (χ1) is 6.79. The number of halogens is 1. The number of rotatable bonds is 4. The number of hydrogen-bond donors (Lipinski definition) is 0. The van der Waals surface area contributed by atoms with Gasteiger partial charge in [0.1, 0.15) is 5.67 Å². The van der Waals surface area contributed by atoms with Crippen molar-refractivity contribution in [2.45, 2.75) is 51.8 Å². The monoisotopic (exact) mass is 217 g/mol. The van der Waals surface area contributed by atoms with Crippen LogP contribution in [0.25, 0.3) is 0 Å². The van der Waals surface area contributed by atoms with Crippen LogP contribution in [-0.4, -0.2) is 42.4 Å². The molecule has 1 unspecified atom stereocenters. The topological polar surface area (TPSA) is 12.5 Å². The quantitative estimate of drug-likeness (QED) is 0.671. The lowest BCUT2D eigenvalue weighted by Gasteiger charge is -2.21. The minimum absolute atomic E-state index is 0.0559. The number of hydrogen-bond acceptors (Lipinski definition) is 2. The first-order valence-electron chi connectivity index (χ1n) is 5.84. The Morgan fingerprint density at radius 2 is 2.07 bits per heavy atom. The molecule has 15 heavy (non-hydrogen) atoms. The SMILES string of the molecule is CC1(F)CCN(CCCOC(C)(C)C)C1. The Bertz CT molecular complexity index is 198. The molecule has 0 saturated carbocycles. The van der Waals surface area contributed by atoms with Crippen molar-refractivity contribution in [2.75, 3.05) is 26.2 Å². The lowest BCUT2D eigenvalue weighted by atomic mass is 10.1. The van der Waals surface area contributed by atoms with Crippen molar-refractivity contribution in [1.82, 2.24) is 4.90 Å². The van der Waals surface area contributed by atoms with Gasteiger partial charge in [0.15, 0.2) is 0 Å². The van der Waals surface area contributed by atoms with E-state index < -0.39 is 5.67 Å². The van der Waals surface area contributed by atoms with Gasteiger partial charge in [-0.2, -0.15) is 0 Å². The van der Waals surface area contributed by atoms with E-state index in [4.69, 9.17) is 4.74 Å². The van der Waals surface area contributed by atoms with Gasteiger partial charge in [-0.05, 0) is 40.5 Å². The van der Waals surface area contributed by atoms with Gasteiger partial charge in [0, 0.05) is 26.2 Å². The predicted octanol–water partition coefficient (Wildman–Crippen LogP) is 2.63. The van der Waals surface area contributed by atoms with Gasteiger partial charge in [-0.15, -0.1) is 0 Å². The lowest BCUT2D eigenvalue weighted by Crippen LogP contribution is -2.28. The molecule has 0 aromatic carbocycles. The summed E-state index contributed by atoms with van der Waals surface area (Å²) in [5.74, 6) is 0. The summed E-state index contributed by atoms with van der Waals surface area (Å²) in [5, 5.41) is 0. The van der Waals surface area contributed by atoms with E-state index in [1.807, 2.05) is 0 Å². The van der Waals surface area contributed by atoms with Crippen LogP contribution >= 0.6 is 0 Å². The van der Waals surface area contributed by atoms with E-state index >= 15 is 0 Å². The van der Waals surface area contributed by atoms with Gasteiger partial charge in [-0.25, -0.2) is 4.39 Å². The molecular formula is C12H24FNO. The lowest BCUT2D eigenvalue weighted by molar-refractivity contribution is -0.00668. The number of alkyl halides is 1. The van der Waals surface area contributed by atoms with Gasteiger partial charge in [0.25, 0.3) is 0 Å². The summed E-state index contributed by atoms with van der Waals surface area (Å²) in [6.45, 7) is 11.1. The van der Waals surface area contributed by atoms with Crippen molar-refractivity contribution in [3.05, 3.63) is 0 Å². The third-order valence-corrected chi connectivity index (χ3v) is 2.66. The zero-order valence-electron chi connectivity index (χ0n) is 10.5. The fourth-order valence-electron chi connectivity index (χ4n) is 1.87. The average molecular weight is 217 g/mol. The summed E-state index contributed by atoms with van der Waals surface area (Å²) in [5.41, 5.74) is -1.02. The molecule has 1 fully saturated rings. The molecular weight excluding hydrogens is 193 g/mol. The largest absolute Gasteiger partial charge is 0.376 e. The maximum atomic E-state index is 13.5. The molecule has 90 valence electrons. The van der Waals surface area contributed by atoms with Crippen LogP contribution in [0, 0.1) is 0 Å². The van der Waals surface area contributed by atoms with Crippen LogP contribution in [0.4, 0.5) is 4.39 Å². The van der Waals surface area contributed by atoms with Crippen molar-refractivity contribution >= 4 is 0 Å². The fraction of sp³-hybridized carbons (Fsp3) is 1.00. The molecule has 0 amide bonds. The first kappa shape index (κ1) is 12.9. The maximum absolute atomic E-state index is 13.5. The molecule has 0 aliphatic carbocycles. The Hall–Kier alpha value is -0.150. The van der Waals surface area contributed by atoms with Crippen molar-refractivity contribution in [2.24, 2.45) is 0 Å². The molecule has 1 atom stereocenters. The van der Waals surface area contributed by atoms with E-state index in [0.29, 0.717) is 13.0 Å². The molecule has 0 spiro atoms. The fourth-order valence-corrected chi connectivity index (χ4v) is 1.87. The standard InChI is InChI=1S/C12H24FNO/c1-11(2,3)15-9-5-7-14-8-6-12(4,13)10-14/h5-10H2,1-4H3. The van der Waals surface area contributed by atoms with E-state index in [9.17, 15) is 4.39 Å². The highest BCUT2D eigenvalue weighted by Crippen LogP contribution is 2.24. The third kappa shape index (κ3) is 5.47. The Kier molecular flexibility index (Phi) is 4.13. The van der Waals surface area contributed by atoms with E-state index in [0.717, 1.165) is 26.1 Å². The Morgan fingerprint density at radius 1 is 1.40 bits per heavy atom. The van der Waals surface area contributed by atoms with Gasteiger partial charge < -0.3 is 4.74 Å². The minimum Gasteiger partial charge on any atom is -0.376 e. The molecule has 3 heteroatoms. The van der Waals surface area contributed by atoms with Crippen molar-refractivity contribution in [1.29, 1.82) is 0 Å². The molecule has 1 heterocycles. The molecule has 1 aliphatic rings. The zero-order valence-corrected chi connectivity index (χ0v) is 10.5. The molecule has 0 aromatic rings. The highest BCUT2D eigenvalue weighted by molar-refractivity contribution is 4.86. The summed E-state index contributed by atoms with van der Waals surface area (Å²) < 4.78 is 19.1. The average Bonchev–Trinajstić information content (AvgIpc) is 2.38. The minimum atomic E-state index is -0.967. The van der Waals surface area contributed by atoms with Gasteiger partial charge in [-0.3, -0.25) is 4.90 Å². The van der Waals surface area contributed by atoms with Gasteiger partial charge in [0.2, 0.25) is 0 Å². The maximum Gasteiger partial charge on any atom is 0.122 e. The highest BCUT2D eigenvalue weighted by atomic mass is 19.1. The zero-order chi connectivity index (χ0) is 11.5. The van der Waals surface area contributed by atoms with Crippen LogP contribution in [-0.2, 0) is 4.74 Å². The summed E-state index contributed by atoms with van der Waals surface area (Å²) in [6, 6.07) is 0. The van der Waals surface area contributed by atoms with Crippen LogP contribution in [0.2, 0.25) is 0 Å². The first-order valence-corrected chi connectivity index (χ1v) is 5.84. The van der Waals surface area contributed by atoms with Gasteiger partial charge >= 0.3 is 0 Å². The van der Waals surface area contributed by atoms with Crippen LogP contribution in [0.5, 0.6) is 0 Å². The molecule has 1 saturated heterocycles. The Labute approximate surface area is 92.8 Å². The van der Waals surface area contributed by atoms with Gasteiger partial charge in [-0.1, -0.05) is 0 Å². The van der Waals surface area contributed by atoms with E-state index in [1.165, 1.54) is 0 Å². The Balaban J connectivity index is 2.07. The molecule has 2 nitrogen and oxygen atoms in total. The molecule has 1 rings (SSSR count). The van der Waals surface area contributed by atoms with Gasteiger partial charge in [0.05, 0.1) is 5.60 Å². The number of ether oxygens (including phenoxy) is 1. The highest BCUT2D eigenvalue weighted by Gasteiger charge is 2.32. The van der Waals surface area contributed by atoms with Crippen LogP contribution in [0.1, 0.15) is 40.5 Å². The summed E-state index contributed by atoms with van der Waals surface area (Å²) >= 11 is 0. The second-order valence-electron chi connectivity index (χ2n) is 5.75. The smallest absolute Gasteiger partial charge is 0.122 e. The summed E-state index contributed by atoms with van der Waals surface area (Å²) in [4.78, 5) is 2.19. The van der Waals surface area contributed by atoms with E-state index in [2.05, 4.69) is 25.7 Å². The van der Waals surface area contributed by atoms with Crippen molar-refractivity contribution < 1.29 is 9.13 Å². The van der Waals surface area contributed by atoms with E-state index in [1.54, 1.807) is 6.92 Å².